The average Bonchev–Trinajstić information content (AvgIpc) is 3.06. The number of nitrogens with zero attached hydrogens (tertiary/aromatic N) is 1. The van der Waals surface area contributed by atoms with Crippen molar-refractivity contribution in [3.63, 3.8) is 0 Å². The molecule has 5 nitrogen and oxygen atoms in total. The molecule has 0 aliphatic carbocycles. The number of hydrogen-bond acceptors (Lipinski definition) is 3. The van der Waals surface area contributed by atoms with Crippen molar-refractivity contribution in [1.29, 1.82) is 0 Å². The summed E-state index contributed by atoms with van der Waals surface area (Å²) in [6, 6.07) is 5.03. The van der Waals surface area contributed by atoms with E-state index in [2.05, 4.69) is 0 Å². The van der Waals surface area contributed by atoms with E-state index in [-0.39, 0.29) is 17.6 Å². The van der Waals surface area contributed by atoms with Crippen LogP contribution < -0.4 is 0 Å². The number of aromatic carboxylic acids is 1. The molecule has 1 saturated heterocycles. The Hall–Kier alpha value is -1.88. The van der Waals surface area contributed by atoms with Gasteiger partial charge in [-0.2, -0.15) is 0 Å². The predicted molar refractivity (Wildman–Crippen MR) is 66.6 cm³/mol. The lowest BCUT2D eigenvalue weighted by Gasteiger charge is -2.19. The van der Waals surface area contributed by atoms with Crippen molar-refractivity contribution in [2.24, 2.45) is 0 Å². The summed E-state index contributed by atoms with van der Waals surface area (Å²) in [7, 11) is 0. The molecule has 1 fully saturated rings. The first kappa shape index (κ1) is 12.2. The van der Waals surface area contributed by atoms with Gasteiger partial charge >= 0.3 is 5.97 Å². The molecular formula is C14H15NO4. The Morgan fingerprint density at radius 2 is 2.05 bits per heavy atom. The zero-order chi connectivity index (χ0) is 13.4. The van der Waals surface area contributed by atoms with Gasteiger partial charge in [-0.15, -0.1) is 0 Å². The third kappa shape index (κ3) is 2.21. The topological polar surface area (TPSA) is 66.8 Å². The summed E-state index contributed by atoms with van der Waals surface area (Å²) < 4.78 is 5.40. The fourth-order valence-electron chi connectivity index (χ4n) is 2.66. The Balaban J connectivity index is 1.76. The molecule has 2 heterocycles. The number of ether oxygens (including phenoxy) is 1. The van der Waals surface area contributed by atoms with Gasteiger partial charge in [-0.05, 0) is 36.1 Å². The summed E-state index contributed by atoms with van der Waals surface area (Å²) in [5.74, 6) is -0.919. The van der Waals surface area contributed by atoms with Crippen LogP contribution in [0.1, 0.15) is 34.3 Å². The van der Waals surface area contributed by atoms with Gasteiger partial charge in [0, 0.05) is 19.7 Å². The van der Waals surface area contributed by atoms with E-state index < -0.39 is 5.97 Å². The van der Waals surface area contributed by atoms with Gasteiger partial charge in [0.05, 0.1) is 5.56 Å². The monoisotopic (exact) mass is 261 g/mol. The molecule has 0 aromatic heterocycles. The first-order valence-corrected chi connectivity index (χ1v) is 6.40. The maximum Gasteiger partial charge on any atom is 0.335 e. The predicted octanol–water partition coefficient (Wildman–Crippen LogP) is 1.41. The van der Waals surface area contributed by atoms with E-state index in [1.54, 1.807) is 23.1 Å². The van der Waals surface area contributed by atoms with Gasteiger partial charge in [0.25, 0.3) is 5.91 Å². The molecule has 0 unspecified atom stereocenters. The van der Waals surface area contributed by atoms with Gasteiger partial charge in [-0.25, -0.2) is 4.79 Å². The highest BCUT2D eigenvalue weighted by molar-refractivity contribution is 5.88. The third-order valence-corrected chi connectivity index (χ3v) is 3.69. The summed E-state index contributed by atoms with van der Waals surface area (Å²) >= 11 is 0. The van der Waals surface area contributed by atoms with Gasteiger partial charge in [0.1, 0.15) is 6.10 Å². The molecule has 1 aromatic rings. The van der Waals surface area contributed by atoms with Crippen molar-refractivity contribution in [2.45, 2.75) is 32.0 Å². The second kappa shape index (κ2) is 4.66. The highest BCUT2D eigenvalue weighted by Crippen LogP contribution is 2.26. The van der Waals surface area contributed by atoms with Crippen molar-refractivity contribution < 1.29 is 19.4 Å². The van der Waals surface area contributed by atoms with E-state index in [9.17, 15) is 9.59 Å². The number of carboxylic acids is 1. The second-order valence-electron chi connectivity index (χ2n) is 4.98. The number of carbonyl (C=O) groups excluding carboxylic acids is 1. The maximum atomic E-state index is 12.2. The smallest absolute Gasteiger partial charge is 0.335 e. The van der Waals surface area contributed by atoms with Crippen molar-refractivity contribution in [2.75, 3.05) is 6.61 Å². The first-order chi connectivity index (χ1) is 9.15. The second-order valence-corrected chi connectivity index (χ2v) is 4.98. The van der Waals surface area contributed by atoms with Gasteiger partial charge in [0.15, 0.2) is 0 Å². The Labute approximate surface area is 110 Å². The molecule has 0 bridgehead atoms. The minimum atomic E-state index is -0.938. The molecule has 19 heavy (non-hydrogen) atoms. The molecule has 1 N–H and O–H groups in total. The molecule has 5 heteroatoms. The lowest BCUT2D eigenvalue weighted by atomic mass is 10.1. The molecule has 3 rings (SSSR count). The normalized spacial score (nSPS) is 21.5. The van der Waals surface area contributed by atoms with E-state index in [0.717, 1.165) is 24.0 Å². The minimum Gasteiger partial charge on any atom is -0.478 e. The number of hydrogen-bond donors (Lipinski definition) is 1. The van der Waals surface area contributed by atoms with Crippen molar-refractivity contribution in [1.82, 2.24) is 4.90 Å². The van der Waals surface area contributed by atoms with Crippen molar-refractivity contribution in [3.05, 3.63) is 34.9 Å². The van der Waals surface area contributed by atoms with Crippen molar-refractivity contribution in [3.8, 4) is 0 Å². The third-order valence-electron chi connectivity index (χ3n) is 3.69. The largest absolute Gasteiger partial charge is 0.478 e. The Bertz CT molecular complexity index is 534. The molecule has 0 spiro atoms. The van der Waals surface area contributed by atoms with Crippen LogP contribution >= 0.6 is 0 Å². The highest BCUT2D eigenvalue weighted by Gasteiger charge is 2.31. The first-order valence-electron chi connectivity index (χ1n) is 6.40. The number of rotatable bonds is 2. The van der Waals surface area contributed by atoms with Crippen LogP contribution in [0.25, 0.3) is 0 Å². The van der Waals surface area contributed by atoms with Gasteiger partial charge < -0.3 is 14.7 Å². The van der Waals surface area contributed by atoms with Crippen LogP contribution in [0, 0.1) is 0 Å². The standard InChI is InChI=1S/C14H15NO4/c16-13(12-2-1-5-19-12)15-7-10-4-3-9(14(17)18)6-11(10)8-15/h3-4,6,12H,1-2,5,7-8H2,(H,17,18)/t12-/m1/s1. The van der Waals surface area contributed by atoms with Gasteiger partial charge in [-0.1, -0.05) is 6.07 Å². The molecule has 2 aliphatic heterocycles. The van der Waals surface area contributed by atoms with Crippen LogP contribution in [0.4, 0.5) is 0 Å². The van der Waals surface area contributed by atoms with Gasteiger partial charge in [0.2, 0.25) is 0 Å². The van der Waals surface area contributed by atoms with Crippen LogP contribution in [0.15, 0.2) is 18.2 Å². The molecule has 1 aromatic carbocycles. The number of carboxylic acid groups (broad SMARTS) is 1. The maximum absolute atomic E-state index is 12.2. The van der Waals surface area contributed by atoms with E-state index in [0.29, 0.717) is 19.7 Å². The molecule has 2 aliphatic rings. The Morgan fingerprint density at radius 1 is 1.26 bits per heavy atom. The minimum absolute atomic E-state index is 0.0191. The van der Waals surface area contributed by atoms with Gasteiger partial charge in [-0.3, -0.25) is 4.79 Å². The van der Waals surface area contributed by atoms with E-state index >= 15 is 0 Å². The lowest BCUT2D eigenvalue weighted by molar-refractivity contribution is -0.141. The summed E-state index contributed by atoms with van der Waals surface area (Å²) in [6.07, 6.45) is 1.40. The Morgan fingerprint density at radius 3 is 2.74 bits per heavy atom. The summed E-state index contributed by atoms with van der Waals surface area (Å²) in [5.41, 5.74) is 2.22. The number of benzene rings is 1. The molecular weight excluding hydrogens is 246 g/mol. The zero-order valence-electron chi connectivity index (χ0n) is 10.5. The van der Waals surface area contributed by atoms with E-state index in [1.165, 1.54) is 0 Å². The molecule has 1 amide bonds. The highest BCUT2D eigenvalue weighted by atomic mass is 16.5. The Kier molecular flexibility index (Phi) is 2.98. The number of fused-ring (bicyclic) bond motifs is 1. The zero-order valence-corrected chi connectivity index (χ0v) is 10.5. The molecule has 100 valence electrons. The SMILES string of the molecule is O=C(O)c1ccc2c(c1)CN(C(=O)[C@H]1CCCO1)C2. The molecule has 0 radical (unpaired) electrons. The fraction of sp³-hybridized carbons (Fsp3) is 0.429. The lowest BCUT2D eigenvalue weighted by Crippen LogP contribution is -2.35. The molecule has 0 saturated carbocycles. The van der Waals surface area contributed by atoms with E-state index in [4.69, 9.17) is 9.84 Å². The van der Waals surface area contributed by atoms with E-state index in [1.807, 2.05) is 0 Å². The molecule has 1 atom stereocenters. The number of amides is 1. The van der Waals surface area contributed by atoms with Crippen LogP contribution in [0.3, 0.4) is 0 Å². The van der Waals surface area contributed by atoms with Crippen LogP contribution in [-0.2, 0) is 22.6 Å². The fourth-order valence-corrected chi connectivity index (χ4v) is 2.66. The van der Waals surface area contributed by atoms with Crippen LogP contribution in [0.5, 0.6) is 0 Å². The summed E-state index contributed by atoms with van der Waals surface area (Å²) in [6.45, 7) is 1.68. The summed E-state index contributed by atoms with van der Waals surface area (Å²) in [4.78, 5) is 24.9. The summed E-state index contributed by atoms with van der Waals surface area (Å²) in [5, 5.41) is 8.96. The van der Waals surface area contributed by atoms with Crippen molar-refractivity contribution >= 4 is 11.9 Å². The van der Waals surface area contributed by atoms with Crippen LogP contribution in [0.2, 0.25) is 0 Å². The number of carbonyl (C=O) groups is 2. The van der Waals surface area contributed by atoms with Crippen LogP contribution in [-0.4, -0.2) is 34.6 Å². The average molecular weight is 261 g/mol. The quantitative estimate of drug-likeness (QED) is 0.874.